The van der Waals surface area contributed by atoms with Crippen molar-refractivity contribution in [2.75, 3.05) is 19.6 Å². The Hall–Kier alpha value is -9.93. The van der Waals surface area contributed by atoms with E-state index in [1.165, 1.54) is 22.3 Å². The smallest absolute Gasteiger partial charge is 0.325 e. The lowest BCUT2D eigenvalue weighted by Gasteiger charge is -2.46. The van der Waals surface area contributed by atoms with E-state index in [4.69, 9.17) is 29.4 Å². The number of rotatable bonds is 8. The highest BCUT2D eigenvalue weighted by atomic mass is 16.5. The van der Waals surface area contributed by atoms with E-state index in [-0.39, 0.29) is 47.1 Å². The first-order valence-electron chi connectivity index (χ1n) is 31.9. The van der Waals surface area contributed by atoms with Crippen molar-refractivity contribution in [2.24, 2.45) is 0 Å². The zero-order valence-corrected chi connectivity index (χ0v) is 52.2. The van der Waals surface area contributed by atoms with Gasteiger partial charge < -0.3 is 9.47 Å². The van der Waals surface area contributed by atoms with Crippen LogP contribution < -0.4 is 61.9 Å². The highest BCUT2D eigenvalue weighted by Gasteiger charge is 2.51. The van der Waals surface area contributed by atoms with Gasteiger partial charge in [-0.25, -0.2) is 0 Å². The largest absolute Gasteiger partial charge is 0.424 e. The maximum atomic E-state index is 6.88. The highest BCUT2D eigenvalue weighted by Crippen LogP contribution is 2.53. The third kappa shape index (κ3) is 8.32. The summed E-state index contributed by atoms with van der Waals surface area (Å²) in [5, 5.41) is 0. The van der Waals surface area contributed by atoms with Crippen molar-refractivity contribution in [2.45, 2.75) is 103 Å². The molecular weight excluding hydrogens is 1100 g/mol. The van der Waals surface area contributed by atoms with Gasteiger partial charge in [-0.2, -0.15) is 19.9 Å². The zero-order valence-electron chi connectivity index (χ0n) is 52.2. The SMILES string of the molecule is CC1(C)CCC(C)(C)c2cc(N3c4cc5c(cc4B4c6ccccc6N(c6ccccc6)c6nc(Oc7ccccc7)nc3c64)B3c4ccccc4N(c4ccccc4)c4nc(Oc6ccccc6)nc(c43)N5c3ccc4c(c3)C(C)(C)CCC4(C)C)ccc21. The number of benzene rings is 9. The number of hydrogen-bond acceptors (Lipinski definition) is 10. The van der Waals surface area contributed by atoms with E-state index in [1.54, 1.807) is 0 Å². The van der Waals surface area contributed by atoms with Crippen LogP contribution in [0.3, 0.4) is 0 Å². The van der Waals surface area contributed by atoms with Crippen LogP contribution in [0, 0.1) is 0 Å². The van der Waals surface area contributed by atoms with E-state index in [0.717, 1.165) is 127 Å². The van der Waals surface area contributed by atoms with Crippen molar-refractivity contribution in [3.63, 3.8) is 0 Å². The van der Waals surface area contributed by atoms with Crippen LogP contribution in [-0.2, 0) is 21.7 Å². The summed E-state index contributed by atoms with van der Waals surface area (Å²) in [6.07, 6.45) is 4.34. The summed E-state index contributed by atoms with van der Waals surface area (Å²) in [5.74, 6) is 4.36. The third-order valence-electron chi connectivity index (χ3n) is 20.6. The maximum Gasteiger partial charge on any atom is 0.325 e. The van der Waals surface area contributed by atoms with Crippen LogP contribution in [-0.4, -0.2) is 33.4 Å². The van der Waals surface area contributed by atoms with Crippen LogP contribution in [0.4, 0.5) is 68.8 Å². The van der Waals surface area contributed by atoms with Gasteiger partial charge in [-0.15, -0.1) is 0 Å². The van der Waals surface area contributed by atoms with Gasteiger partial charge in [0.1, 0.15) is 34.8 Å². The van der Waals surface area contributed by atoms with Gasteiger partial charge in [0.05, 0.1) is 0 Å². The second-order valence-corrected chi connectivity index (χ2v) is 27.9. The van der Waals surface area contributed by atoms with E-state index in [0.29, 0.717) is 11.5 Å². The molecule has 4 aliphatic heterocycles. The van der Waals surface area contributed by atoms with Crippen LogP contribution >= 0.6 is 0 Å². The number of aromatic nitrogens is 4. The van der Waals surface area contributed by atoms with E-state index < -0.39 is 0 Å². The lowest BCUT2D eigenvalue weighted by molar-refractivity contribution is 0.332. The van der Waals surface area contributed by atoms with Crippen molar-refractivity contribution >= 4 is 115 Å². The van der Waals surface area contributed by atoms with Gasteiger partial charge in [0, 0.05) is 56.4 Å². The number of fused-ring (bicyclic) bond motifs is 10. The quantitative estimate of drug-likeness (QED) is 0.137. The monoisotopic (exact) mass is 1170 g/mol. The van der Waals surface area contributed by atoms with Gasteiger partial charge in [0.15, 0.2) is 0 Å². The Labute approximate surface area is 528 Å². The normalized spacial score (nSPS) is 16.9. The average Bonchev–Trinajstić information content (AvgIpc) is 0.712. The summed E-state index contributed by atoms with van der Waals surface area (Å²) in [6.45, 7) is 18.6. The lowest BCUT2D eigenvalue weighted by Crippen LogP contribution is -2.65. The van der Waals surface area contributed by atoms with Gasteiger partial charge >= 0.3 is 12.0 Å². The summed E-state index contributed by atoms with van der Waals surface area (Å²) in [4.78, 5) is 32.1. The first-order chi connectivity index (χ1) is 43.6. The summed E-state index contributed by atoms with van der Waals surface area (Å²) in [5.41, 5.74) is 20.0. The van der Waals surface area contributed by atoms with Crippen molar-refractivity contribution in [1.82, 2.24) is 19.9 Å². The van der Waals surface area contributed by atoms with E-state index >= 15 is 0 Å². The topological polar surface area (TPSA) is 83.0 Å². The Balaban J connectivity index is 1.01. The molecule has 9 aromatic carbocycles. The molecule has 0 atom stereocenters. The second kappa shape index (κ2) is 19.8. The van der Waals surface area contributed by atoms with Crippen LogP contribution in [0.5, 0.6) is 23.5 Å². The molecule has 0 bridgehead atoms. The van der Waals surface area contributed by atoms with E-state index in [1.807, 2.05) is 60.7 Å². The van der Waals surface area contributed by atoms with Crippen LogP contribution in [0.25, 0.3) is 0 Å². The molecule has 0 unspecified atom stereocenters. The fraction of sp³-hybridized carbons (Fsp3) is 0.205. The number of ether oxygens (including phenoxy) is 2. The molecule has 17 rings (SSSR count). The second-order valence-electron chi connectivity index (χ2n) is 27.9. The molecule has 0 N–H and O–H groups in total. The number of nitrogens with zero attached hydrogens (tertiary/aromatic N) is 8. The molecule has 12 heteroatoms. The standard InChI is InChI=1S/C78H68B2N8O2/c1-75(2)41-43-77(5,6)57-45-51(37-39-55(57)75)87-65-48-66-62(47-61(65)79-59-33-21-23-35-63(59)85(49-25-13-9-14-26-49)69-67(79)71(87)83-73(81-69)89-53-29-17-11-18-30-53)80-60-34-22-24-36-64(60)86(50-27-15-10-16-28-50)70-68(80)72(84-74(82-70)90-54-31-19-12-20-32-54)88(66)52-38-40-56-58(46-52)78(7,8)44-42-76(56,3)4/h9-40,45-48H,41-44H2,1-8H3. The molecule has 0 fully saturated rings. The molecule has 0 spiro atoms. The fourth-order valence-corrected chi connectivity index (χ4v) is 15.7. The molecule has 0 saturated carbocycles. The molecule has 0 amide bonds. The zero-order chi connectivity index (χ0) is 61.0. The Morgan fingerprint density at radius 3 is 1.00 bits per heavy atom. The summed E-state index contributed by atoms with van der Waals surface area (Å²) in [7, 11) is 0. The first-order valence-corrected chi connectivity index (χ1v) is 31.9. The van der Waals surface area contributed by atoms with Crippen LogP contribution in [0.1, 0.15) is 103 Å². The Bertz CT molecular complexity index is 4440. The van der Waals surface area contributed by atoms with Crippen molar-refractivity contribution in [3.05, 3.63) is 241 Å². The fourth-order valence-electron chi connectivity index (χ4n) is 15.7. The van der Waals surface area contributed by atoms with Gasteiger partial charge in [0.2, 0.25) is 0 Å². The van der Waals surface area contributed by atoms with Gasteiger partial charge in [-0.3, -0.25) is 19.6 Å². The van der Waals surface area contributed by atoms with Gasteiger partial charge in [-0.05, 0) is 182 Å². The van der Waals surface area contributed by atoms with Gasteiger partial charge in [0.25, 0.3) is 13.4 Å². The highest BCUT2D eigenvalue weighted by molar-refractivity contribution is 7.03. The molecule has 6 heterocycles. The Morgan fingerprint density at radius 1 is 0.300 bits per heavy atom. The molecule has 2 aliphatic carbocycles. The summed E-state index contributed by atoms with van der Waals surface area (Å²) in [6, 6.07) is 78.8. The molecule has 2 aromatic heterocycles. The molecule has 90 heavy (non-hydrogen) atoms. The number of anilines is 12. The van der Waals surface area contributed by atoms with E-state index in [9.17, 15) is 0 Å². The Morgan fingerprint density at radius 2 is 0.622 bits per heavy atom. The maximum absolute atomic E-state index is 6.88. The molecule has 0 saturated heterocycles. The lowest BCUT2D eigenvalue weighted by atomic mass is 9.30. The Kier molecular flexibility index (Phi) is 11.9. The predicted molar refractivity (Wildman–Crippen MR) is 369 cm³/mol. The van der Waals surface area contributed by atoms with Crippen molar-refractivity contribution in [1.29, 1.82) is 0 Å². The molecule has 11 aromatic rings. The average molecular weight is 1170 g/mol. The number of para-hydroxylation sites is 6. The molecule has 6 aliphatic rings. The van der Waals surface area contributed by atoms with Crippen LogP contribution in [0.15, 0.2) is 218 Å². The van der Waals surface area contributed by atoms with Crippen molar-refractivity contribution < 1.29 is 9.47 Å². The predicted octanol–water partition coefficient (Wildman–Crippen LogP) is 15.7. The minimum Gasteiger partial charge on any atom is -0.424 e. The minimum atomic E-state index is -0.319. The molecule has 10 nitrogen and oxygen atoms in total. The van der Waals surface area contributed by atoms with Gasteiger partial charge in [-0.1, -0.05) is 183 Å². The minimum absolute atomic E-state index is 0.0132. The molecule has 0 radical (unpaired) electrons. The first kappa shape index (κ1) is 54.2. The third-order valence-corrected chi connectivity index (χ3v) is 20.6. The van der Waals surface area contributed by atoms with Crippen molar-refractivity contribution in [3.8, 4) is 23.5 Å². The van der Waals surface area contributed by atoms with Crippen LogP contribution in [0.2, 0.25) is 0 Å². The molecule has 438 valence electrons. The van der Waals surface area contributed by atoms with E-state index in [2.05, 4.69) is 233 Å². The summed E-state index contributed by atoms with van der Waals surface area (Å²) >= 11 is 0. The summed E-state index contributed by atoms with van der Waals surface area (Å²) < 4.78 is 13.8. The molecular formula is C78H68B2N8O2. The number of hydrogen-bond donors (Lipinski definition) is 0.